The van der Waals surface area contributed by atoms with E-state index < -0.39 is 4.92 Å². The summed E-state index contributed by atoms with van der Waals surface area (Å²) in [4.78, 5) is 28.2. The summed E-state index contributed by atoms with van der Waals surface area (Å²) in [5.74, 6) is 0.103. The number of rotatable bonds is 2. The Balaban J connectivity index is 2.13. The molecule has 1 aromatic heterocycles. The second-order valence-electron chi connectivity index (χ2n) is 4.73. The number of benzene rings is 1. The minimum Gasteiger partial charge on any atom is -0.358 e. The van der Waals surface area contributed by atoms with Gasteiger partial charge in [0, 0.05) is 18.7 Å². The molecule has 0 saturated heterocycles. The van der Waals surface area contributed by atoms with E-state index in [0.29, 0.717) is 11.4 Å². The lowest BCUT2D eigenvalue weighted by molar-refractivity contribution is -0.391. The van der Waals surface area contributed by atoms with Crippen molar-refractivity contribution in [1.29, 1.82) is 0 Å². The molecule has 0 bridgehead atoms. The molecule has 0 saturated carbocycles. The Bertz CT molecular complexity index is 791. The largest absolute Gasteiger partial charge is 0.358 e. The molecule has 7 heteroatoms. The third kappa shape index (κ3) is 1.90. The highest BCUT2D eigenvalue weighted by atomic mass is 16.6. The van der Waals surface area contributed by atoms with Crippen LogP contribution in [0.25, 0.3) is 11.6 Å². The van der Waals surface area contributed by atoms with Crippen LogP contribution in [0.3, 0.4) is 0 Å². The van der Waals surface area contributed by atoms with Gasteiger partial charge in [-0.25, -0.2) is 9.55 Å². The molecule has 0 aliphatic carbocycles. The smallest absolute Gasteiger partial charge is 0.342 e. The fourth-order valence-electron chi connectivity index (χ4n) is 2.39. The minimum absolute atomic E-state index is 0.117. The molecule has 1 amide bonds. The maximum absolute atomic E-state index is 12.3. The van der Waals surface area contributed by atoms with Gasteiger partial charge in [0.2, 0.25) is 5.82 Å². The van der Waals surface area contributed by atoms with Gasteiger partial charge < -0.3 is 15.0 Å². The van der Waals surface area contributed by atoms with Crippen LogP contribution in [0.15, 0.2) is 30.5 Å². The highest BCUT2D eigenvalue weighted by Crippen LogP contribution is 2.36. The van der Waals surface area contributed by atoms with Gasteiger partial charge in [0.05, 0.1) is 18.3 Å². The molecule has 0 atom stereocenters. The number of nitrogens with zero attached hydrogens (tertiary/aromatic N) is 4. The monoisotopic (exact) mass is 284 g/mol. The van der Waals surface area contributed by atoms with E-state index in [1.807, 2.05) is 24.3 Å². The van der Waals surface area contributed by atoms with Crippen LogP contribution in [0.4, 0.5) is 11.5 Å². The molecule has 1 aliphatic heterocycles. The molecule has 0 N–H and O–H groups in total. The zero-order chi connectivity index (χ0) is 15.1. The first-order valence-electron chi connectivity index (χ1n) is 6.26. The summed E-state index contributed by atoms with van der Waals surface area (Å²) >= 11 is 0. The van der Waals surface area contributed by atoms with Gasteiger partial charge in [-0.2, -0.15) is 0 Å². The van der Waals surface area contributed by atoms with Crippen molar-refractivity contribution in [2.75, 3.05) is 11.9 Å². The molecule has 0 spiro atoms. The van der Waals surface area contributed by atoms with Crippen molar-refractivity contribution in [1.82, 2.24) is 9.55 Å². The van der Waals surface area contributed by atoms with Crippen LogP contribution in [0, 0.1) is 10.1 Å². The molecule has 21 heavy (non-hydrogen) atoms. The lowest BCUT2D eigenvalue weighted by atomic mass is 10.1. The highest BCUT2D eigenvalue weighted by molar-refractivity contribution is 6.35. The highest BCUT2D eigenvalue weighted by Gasteiger charge is 2.30. The second kappa shape index (κ2) is 4.55. The summed E-state index contributed by atoms with van der Waals surface area (Å²) < 4.78 is 1.35. The molecule has 7 nitrogen and oxygen atoms in total. The first kappa shape index (κ1) is 13.0. The molecular formula is C14H12N4O3. The topological polar surface area (TPSA) is 81.3 Å². The van der Waals surface area contributed by atoms with Crippen LogP contribution < -0.4 is 4.90 Å². The van der Waals surface area contributed by atoms with Crippen molar-refractivity contribution >= 4 is 29.1 Å². The third-order valence-electron chi connectivity index (χ3n) is 3.55. The van der Waals surface area contributed by atoms with Crippen LogP contribution in [0.2, 0.25) is 0 Å². The summed E-state index contributed by atoms with van der Waals surface area (Å²) in [6.07, 6.45) is 2.76. The van der Waals surface area contributed by atoms with Gasteiger partial charge in [-0.1, -0.05) is 18.2 Å². The van der Waals surface area contributed by atoms with Gasteiger partial charge in [0.1, 0.15) is 6.20 Å². The minimum atomic E-state index is -0.508. The number of hydrogen-bond acceptors (Lipinski definition) is 4. The van der Waals surface area contributed by atoms with Crippen LogP contribution in [0.1, 0.15) is 11.4 Å². The summed E-state index contributed by atoms with van der Waals surface area (Å²) in [5, 5.41) is 10.8. The Morgan fingerprint density at radius 2 is 2.00 bits per heavy atom. The van der Waals surface area contributed by atoms with Crippen molar-refractivity contribution in [3.8, 4) is 0 Å². The second-order valence-corrected chi connectivity index (χ2v) is 4.73. The van der Waals surface area contributed by atoms with Crippen LogP contribution in [0.5, 0.6) is 0 Å². The quantitative estimate of drug-likeness (QED) is 0.478. The van der Waals surface area contributed by atoms with Gasteiger partial charge in [-0.15, -0.1) is 0 Å². The van der Waals surface area contributed by atoms with E-state index in [2.05, 4.69) is 4.98 Å². The number of para-hydroxylation sites is 1. The molecule has 106 valence electrons. The van der Waals surface area contributed by atoms with Gasteiger partial charge in [0.25, 0.3) is 5.91 Å². The van der Waals surface area contributed by atoms with Gasteiger partial charge in [-0.3, -0.25) is 4.79 Å². The fourth-order valence-corrected chi connectivity index (χ4v) is 2.39. The first-order valence-corrected chi connectivity index (χ1v) is 6.26. The SMILES string of the molecule is CN1C(=O)C(=Cc2ncc([N+](=O)[O-])n2C)c2ccccc21. The number of likely N-dealkylation sites (N-methyl/N-ethyl adjacent to an activating group) is 1. The van der Waals surface area contributed by atoms with E-state index >= 15 is 0 Å². The lowest BCUT2D eigenvalue weighted by Crippen LogP contribution is -2.20. The van der Waals surface area contributed by atoms with Crippen molar-refractivity contribution in [2.45, 2.75) is 0 Å². The van der Waals surface area contributed by atoms with Gasteiger partial charge >= 0.3 is 5.82 Å². The van der Waals surface area contributed by atoms with Gasteiger partial charge in [-0.05, 0) is 11.0 Å². The van der Waals surface area contributed by atoms with Crippen LogP contribution >= 0.6 is 0 Å². The van der Waals surface area contributed by atoms with E-state index in [1.165, 1.54) is 10.8 Å². The average molecular weight is 284 g/mol. The predicted molar refractivity (Wildman–Crippen MR) is 77.6 cm³/mol. The Morgan fingerprint density at radius 3 is 2.67 bits per heavy atom. The molecule has 0 fully saturated rings. The Morgan fingerprint density at radius 1 is 1.29 bits per heavy atom. The maximum Gasteiger partial charge on any atom is 0.342 e. The van der Waals surface area contributed by atoms with Crippen molar-refractivity contribution in [2.24, 2.45) is 7.05 Å². The number of anilines is 1. The summed E-state index contributed by atoms with van der Waals surface area (Å²) in [6.45, 7) is 0. The first-order chi connectivity index (χ1) is 10.0. The zero-order valence-electron chi connectivity index (χ0n) is 11.5. The summed E-state index contributed by atoms with van der Waals surface area (Å²) in [5.41, 5.74) is 2.10. The molecule has 2 heterocycles. The molecule has 2 aromatic rings. The standard InChI is InChI=1S/C14H12N4O3/c1-16-11-6-4-3-5-9(11)10(14(16)19)7-12-15-8-13(17(12)2)18(20)21/h3-8H,1-2H3. The van der Waals surface area contributed by atoms with Crippen molar-refractivity contribution < 1.29 is 9.72 Å². The molecule has 3 rings (SSSR count). The zero-order valence-corrected chi connectivity index (χ0v) is 11.5. The average Bonchev–Trinajstić information content (AvgIpc) is 2.94. The van der Waals surface area contributed by atoms with Crippen molar-refractivity contribution in [3.05, 3.63) is 52.0 Å². The third-order valence-corrected chi connectivity index (χ3v) is 3.55. The fraction of sp³-hybridized carbons (Fsp3) is 0.143. The van der Waals surface area contributed by atoms with E-state index in [0.717, 1.165) is 11.3 Å². The van der Waals surface area contributed by atoms with E-state index in [4.69, 9.17) is 0 Å². The number of hydrogen-bond donors (Lipinski definition) is 0. The van der Waals surface area contributed by atoms with E-state index in [-0.39, 0.29) is 11.7 Å². The Hall–Kier alpha value is -2.96. The maximum atomic E-state index is 12.3. The van der Waals surface area contributed by atoms with Crippen LogP contribution in [-0.4, -0.2) is 27.4 Å². The number of carbonyl (C=O) groups is 1. The number of carbonyl (C=O) groups excluding carboxylic acids is 1. The molecule has 1 aliphatic rings. The Kier molecular flexibility index (Phi) is 2.83. The molecule has 0 unspecified atom stereocenters. The predicted octanol–water partition coefficient (Wildman–Crippen LogP) is 1.85. The molecule has 1 aromatic carbocycles. The molecule has 0 radical (unpaired) electrons. The lowest BCUT2D eigenvalue weighted by Gasteiger charge is -2.07. The molecular weight excluding hydrogens is 272 g/mol. The van der Waals surface area contributed by atoms with E-state index in [1.54, 1.807) is 25.1 Å². The Labute approximate surface area is 120 Å². The number of nitro groups is 1. The number of aromatic nitrogens is 2. The summed E-state index contributed by atoms with van der Waals surface area (Å²) in [6, 6.07) is 7.41. The number of imidazole rings is 1. The summed E-state index contributed by atoms with van der Waals surface area (Å²) in [7, 11) is 3.25. The normalized spacial score (nSPS) is 15.6. The van der Waals surface area contributed by atoms with Crippen molar-refractivity contribution in [3.63, 3.8) is 0 Å². The number of fused-ring (bicyclic) bond motifs is 1. The number of amides is 1. The van der Waals surface area contributed by atoms with Crippen LogP contribution in [-0.2, 0) is 11.8 Å². The van der Waals surface area contributed by atoms with Gasteiger partial charge in [0.15, 0.2) is 0 Å². The van der Waals surface area contributed by atoms with E-state index in [9.17, 15) is 14.9 Å².